The molecule has 3 saturated heterocycles. The van der Waals surface area contributed by atoms with Crippen LogP contribution in [0.15, 0.2) is 18.7 Å². The van der Waals surface area contributed by atoms with E-state index in [4.69, 9.17) is 9.47 Å². The summed E-state index contributed by atoms with van der Waals surface area (Å²) in [6.45, 7) is 5.28. The molecule has 0 N–H and O–H groups in total. The molecular weight excluding hydrogens is 290 g/mol. The van der Waals surface area contributed by atoms with Crippen molar-refractivity contribution in [3.8, 4) is 0 Å². The van der Waals surface area contributed by atoms with Gasteiger partial charge in [0, 0.05) is 38.1 Å². The van der Waals surface area contributed by atoms with Crippen LogP contribution in [0.1, 0.15) is 37.7 Å². The maximum Gasteiger partial charge on any atom is 0.115 e. The van der Waals surface area contributed by atoms with E-state index < -0.39 is 0 Å². The van der Waals surface area contributed by atoms with Gasteiger partial charge in [-0.1, -0.05) is 0 Å². The Balaban J connectivity index is 1.29. The second kappa shape index (κ2) is 6.83. The molecule has 1 aromatic rings. The molecule has 3 aliphatic rings. The minimum Gasteiger partial charge on any atom is -0.381 e. The van der Waals surface area contributed by atoms with E-state index in [1.54, 1.807) is 6.33 Å². The molecule has 0 saturated carbocycles. The highest BCUT2D eigenvalue weighted by Crippen LogP contribution is 2.43. The predicted octanol–water partition coefficient (Wildman–Crippen LogP) is 2.07. The number of hydrogen-bond donors (Lipinski definition) is 0. The molecule has 1 spiro atoms. The van der Waals surface area contributed by atoms with Crippen molar-refractivity contribution < 1.29 is 9.47 Å². The molecule has 3 aliphatic heterocycles. The quantitative estimate of drug-likeness (QED) is 0.854. The van der Waals surface area contributed by atoms with Crippen LogP contribution in [0.5, 0.6) is 0 Å². The van der Waals surface area contributed by atoms with Gasteiger partial charge in [0.25, 0.3) is 0 Å². The summed E-state index contributed by atoms with van der Waals surface area (Å²) >= 11 is 0. The summed E-state index contributed by atoms with van der Waals surface area (Å²) in [6, 6.07) is 0.751. The van der Waals surface area contributed by atoms with E-state index in [0.717, 1.165) is 32.3 Å². The molecule has 0 aromatic carbocycles. The Kier molecular flexibility index (Phi) is 4.60. The summed E-state index contributed by atoms with van der Waals surface area (Å²) in [5.74, 6) is 0. The fraction of sp³-hybridized carbons (Fsp3) is 0.778. The second-order valence-corrected chi connectivity index (χ2v) is 7.47. The molecule has 3 fully saturated rings. The van der Waals surface area contributed by atoms with Gasteiger partial charge in [0.2, 0.25) is 0 Å². The van der Waals surface area contributed by atoms with Gasteiger partial charge >= 0.3 is 0 Å². The topological polar surface area (TPSA) is 47.5 Å². The van der Waals surface area contributed by atoms with Gasteiger partial charge in [-0.25, -0.2) is 9.97 Å². The van der Waals surface area contributed by atoms with Crippen molar-refractivity contribution in [2.45, 2.75) is 50.7 Å². The van der Waals surface area contributed by atoms with Crippen molar-refractivity contribution in [2.75, 3.05) is 32.9 Å². The molecule has 1 atom stereocenters. The van der Waals surface area contributed by atoms with Crippen molar-refractivity contribution >= 4 is 0 Å². The number of ether oxygens (including phenoxy) is 2. The van der Waals surface area contributed by atoms with Crippen LogP contribution in [0.3, 0.4) is 0 Å². The molecule has 5 nitrogen and oxygen atoms in total. The summed E-state index contributed by atoms with van der Waals surface area (Å²) < 4.78 is 11.6. The molecule has 4 rings (SSSR count). The van der Waals surface area contributed by atoms with Crippen LogP contribution in [0.4, 0.5) is 0 Å². The van der Waals surface area contributed by atoms with Crippen LogP contribution in [-0.4, -0.2) is 59.9 Å². The first-order valence-corrected chi connectivity index (χ1v) is 9.00. The average Bonchev–Trinajstić information content (AvgIpc) is 2.99. The number of nitrogens with zero attached hydrogens (tertiary/aromatic N) is 3. The lowest BCUT2D eigenvalue weighted by Crippen LogP contribution is -2.47. The van der Waals surface area contributed by atoms with Crippen molar-refractivity contribution in [3.05, 3.63) is 24.3 Å². The Bertz CT molecular complexity index is 496. The lowest BCUT2D eigenvalue weighted by Gasteiger charge is -2.43. The fourth-order valence-electron chi connectivity index (χ4n) is 4.49. The summed E-state index contributed by atoms with van der Waals surface area (Å²) in [6.07, 6.45) is 12.9. The molecule has 126 valence electrons. The van der Waals surface area contributed by atoms with E-state index in [1.807, 2.05) is 12.4 Å². The molecule has 4 heterocycles. The van der Waals surface area contributed by atoms with E-state index in [0.29, 0.717) is 11.5 Å². The maximum absolute atomic E-state index is 6.14. The smallest absolute Gasteiger partial charge is 0.115 e. The van der Waals surface area contributed by atoms with Crippen LogP contribution in [0.2, 0.25) is 0 Å². The molecule has 5 heteroatoms. The van der Waals surface area contributed by atoms with E-state index in [-0.39, 0.29) is 0 Å². The van der Waals surface area contributed by atoms with E-state index in [2.05, 4.69) is 14.9 Å². The van der Waals surface area contributed by atoms with Crippen LogP contribution < -0.4 is 0 Å². The zero-order valence-electron chi connectivity index (χ0n) is 13.8. The lowest BCUT2D eigenvalue weighted by atomic mass is 9.75. The third-order valence-corrected chi connectivity index (χ3v) is 5.93. The summed E-state index contributed by atoms with van der Waals surface area (Å²) in [5.41, 5.74) is 1.61. The molecule has 1 aromatic heterocycles. The molecule has 0 unspecified atom stereocenters. The van der Waals surface area contributed by atoms with Crippen LogP contribution in [-0.2, 0) is 15.9 Å². The van der Waals surface area contributed by atoms with Gasteiger partial charge < -0.3 is 14.4 Å². The number of likely N-dealkylation sites (tertiary alicyclic amines) is 1. The van der Waals surface area contributed by atoms with Crippen LogP contribution in [0.25, 0.3) is 0 Å². The van der Waals surface area contributed by atoms with Crippen molar-refractivity contribution in [1.82, 2.24) is 14.9 Å². The number of rotatable bonds is 3. The van der Waals surface area contributed by atoms with Gasteiger partial charge in [-0.3, -0.25) is 0 Å². The first kappa shape index (κ1) is 15.5. The van der Waals surface area contributed by atoms with E-state index in [1.165, 1.54) is 50.8 Å². The zero-order chi connectivity index (χ0) is 15.5. The van der Waals surface area contributed by atoms with Crippen molar-refractivity contribution in [2.24, 2.45) is 5.41 Å². The standard InChI is InChI=1S/C18H27N3O2/c1-7-22-8-2-16(1)21-5-3-18(4-6-21)10-17(23-13-18)9-15-11-19-14-20-12-15/h11-12,14,16-17H,1-10,13H2/t17-/m0/s1. The normalized spacial score (nSPS) is 29.1. The first-order valence-electron chi connectivity index (χ1n) is 9.00. The summed E-state index contributed by atoms with van der Waals surface area (Å²) in [5, 5.41) is 0. The highest BCUT2D eigenvalue weighted by molar-refractivity contribution is 5.06. The molecule has 0 bridgehead atoms. The Morgan fingerprint density at radius 2 is 1.87 bits per heavy atom. The van der Waals surface area contributed by atoms with Gasteiger partial charge in [-0.05, 0) is 56.2 Å². The second-order valence-electron chi connectivity index (χ2n) is 7.47. The van der Waals surface area contributed by atoms with Crippen LogP contribution >= 0.6 is 0 Å². The van der Waals surface area contributed by atoms with Crippen molar-refractivity contribution in [3.63, 3.8) is 0 Å². The molecule has 0 aliphatic carbocycles. The predicted molar refractivity (Wildman–Crippen MR) is 87.2 cm³/mol. The maximum atomic E-state index is 6.14. The molecule has 23 heavy (non-hydrogen) atoms. The third-order valence-electron chi connectivity index (χ3n) is 5.93. The molecule has 0 amide bonds. The highest BCUT2D eigenvalue weighted by Gasteiger charge is 2.43. The minimum absolute atomic E-state index is 0.343. The van der Waals surface area contributed by atoms with Gasteiger partial charge in [0.15, 0.2) is 0 Å². The summed E-state index contributed by atoms with van der Waals surface area (Å²) in [7, 11) is 0. The summed E-state index contributed by atoms with van der Waals surface area (Å²) in [4.78, 5) is 10.9. The third kappa shape index (κ3) is 3.57. The first-order chi connectivity index (χ1) is 11.3. The van der Waals surface area contributed by atoms with Gasteiger partial charge in [-0.2, -0.15) is 0 Å². The Morgan fingerprint density at radius 3 is 2.61 bits per heavy atom. The molecule has 0 radical (unpaired) electrons. The average molecular weight is 317 g/mol. The monoisotopic (exact) mass is 317 g/mol. The minimum atomic E-state index is 0.343. The highest BCUT2D eigenvalue weighted by atomic mass is 16.5. The van der Waals surface area contributed by atoms with E-state index in [9.17, 15) is 0 Å². The fourth-order valence-corrected chi connectivity index (χ4v) is 4.49. The van der Waals surface area contributed by atoms with Gasteiger partial charge in [0.05, 0.1) is 12.7 Å². The van der Waals surface area contributed by atoms with Gasteiger partial charge in [-0.15, -0.1) is 0 Å². The van der Waals surface area contributed by atoms with Crippen LogP contribution in [0, 0.1) is 5.41 Å². The van der Waals surface area contributed by atoms with Crippen molar-refractivity contribution in [1.29, 1.82) is 0 Å². The largest absolute Gasteiger partial charge is 0.381 e. The SMILES string of the molecule is c1ncc(C[C@H]2CC3(CCN(C4CCOCC4)CC3)CO2)cn1. The lowest BCUT2D eigenvalue weighted by molar-refractivity contribution is 0.00223. The Hall–Kier alpha value is -1.04. The number of hydrogen-bond acceptors (Lipinski definition) is 5. The van der Waals surface area contributed by atoms with E-state index >= 15 is 0 Å². The Morgan fingerprint density at radius 1 is 1.13 bits per heavy atom. The zero-order valence-corrected chi connectivity index (χ0v) is 13.8. The number of aromatic nitrogens is 2. The van der Waals surface area contributed by atoms with Gasteiger partial charge in [0.1, 0.15) is 6.33 Å². The molecular formula is C18H27N3O2. The Labute approximate surface area is 138 Å². The number of piperidine rings is 1.